The van der Waals surface area contributed by atoms with Crippen LogP contribution in [-0.4, -0.2) is 45.8 Å². The first-order valence-electron chi connectivity index (χ1n) is 11.0. The third-order valence-electron chi connectivity index (χ3n) is 6.85. The van der Waals surface area contributed by atoms with Crippen molar-refractivity contribution in [2.75, 3.05) is 13.1 Å². The van der Waals surface area contributed by atoms with Crippen molar-refractivity contribution in [2.45, 2.75) is 62.4 Å². The van der Waals surface area contributed by atoms with Crippen LogP contribution >= 0.6 is 0 Å². The molecule has 29 heavy (non-hydrogen) atoms. The number of aryl methyl sites for hydroxylation is 1. The first kappa shape index (κ1) is 18.8. The molecule has 5 nitrogen and oxygen atoms in total. The number of fused-ring (bicyclic) bond motifs is 1. The molecule has 1 aromatic heterocycles. The zero-order valence-corrected chi connectivity index (χ0v) is 17.0. The smallest absolute Gasteiger partial charge is 0.272 e. The molecule has 1 aromatic carbocycles. The highest BCUT2D eigenvalue weighted by Crippen LogP contribution is 2.40. The van der Waals surface area contributed by atoms with Gasteiger partial charge in [0.05, 0.1) is 5.69 Å². The van der Waals surface area contributed by atoms with E-state index in [1.807, 2.05) is 24.1 Å². The van der Waals surface area contributed by atoms with Gasteiger partial charge < -0.3 is 10.2 Å². The van der Waals surface area contributed by atoms with Crippen molar-refractivity contribution < 1.29 is 9.18 Å². The first-order chi connectivity index (χ1) is 14.1. The van der Waals surface area contributed by atoms with Gasteiger partial charge >= 0.3 is 0 Å². The van der Waals surface area contributed by atoms with Gasteiger partial charge in [0.25, 0.3) is 5.91 Å². The topological polar surface area (TPSA) is 50.2 Å². The molecule has 0 spiro atoms. The van der Waals surface area contributed by atoms with E-state index in [0.717, 1.165) is 37.1 Å². The fourth-order valence-corrected chi connectivity index (χ4v) is 5.16. The number of halogens is 1. The summed E-state index contributed by atoms with van der Waals surface area (Å²) in [6.07, 6.45) is 6.79. The van der Waals surface area contributed by atoms with E-state index >= 15 is 0 Å². The molecule has 1 saturated carbocycles. The van der Waals surface area contributed by atoms with Crippen LogP contribution in [0.4, 0.5) is 4.39 Å². The van der Waals surface area contributed by atoms with Gasteiger partial charge in [0.1, 0.15) is 11.5 Å². The molecule has 0 bridgehead atoms. The predicted molar refractivity (Wildman–Crippen MR) is 109 cm³/mol. The van der Waals surface area contributed by atoms with E-state index < -0.39 is 0 Å². The standard InChI is InChI=1S/C23H29FN4O/c1-27-21(13-19(26-27)15-9-10-15)23(29)28-14-18(16-6-5-7-17(24)12-16)22-20(28)8-3-2-4-11-25-22/h5-7,12-13,15,18,20,22,25H,2-4,8-11,14H2,1H3/t18-,20+,22-/m0/s1. The zero-order chi connectivity index (χ0) is 20.0. The van der Waals surface area contributed by atoms with Gasteiger partial charge in [-0.05, 0) is 56.0 Å². The molecule has 1 N–H and O–H groups in total. The van der Waals surface area contributed by atoms with Crippen molar-refractivity contribution in [2.24, 2.45) is 7.05 Å². The Morgan fingerprint density at radius 2 is 2.03 bits per heavy atom. The minimum absolute atomic E-state index is 0.0585. The highest BCUT2D eigenvalue weighted by molar-refractivity contribution is 5.93. The first-order valence-corrected chi connectivity index (χ1v) is 11.0. The van der Waals surface area contributed by atoms with Crippen LogP contribution in [0.1, 0.15) is 72.1 Å². The van der Waals surface area contributed by atoms with E-state index in [9.17, 15) is 9.18 Å². The minimum atomic E-state index is -0.213. The Morgan fingerprint density at radius 3 is 2.83 bits per heavy atom. The summed E-state index contributed by atoms with van der Waals surface area (Å²) in [5.74, 6) is 0.476. The summed E-state index contributed by atoms with van der Waals surface area (Å²) >= 11 is 0. The second-order valence-electron chi connectivity index (χ2n) is 8.87. The van der Waals surface area contributed by atoms with Crippen LogP contribution in [0.25, 0.3) is 0 Å². The normalized spacial score (nSPS) is 27.4. The number of amides is 1. The van der Waals surface area contributed by atoms with Crippen molar-refractivity contribution in [1.29, 1.82) is 0 Å². The molecule has 154 valence electrons. The number of aromatic nitrogens is 2. The third-order valence-corrected chi connectivity index (χ3v) is 6.85. The van der Waals surface area contributed by atoms with Gasteiger partial charge in [-0.25, -0.2) is 4.39 Å². The number of benzene rings is 1. The molecule has 0 unspecified atom stereocenters. The van der Waals surface area contributed by atoms with Crippen molar-refractivity contribution in [1.82, 2.24) is 20.0 Å². The summed E-state index contributed by atoms with van der Waals surface area (Å²) in [6, 6.07) is 9.17. The maximum Gasteiger partial charge on any atom is 0.272 e. The number of likely N-dealkylation sites (tertiary alicyclic amines) is 1. The minimum Gasteiger partial charge on any atom is -0.332 e. The van der Waals surface area contributed by atoms with Gasteiger partial charge in [0, 0.05) is 37.5 Å². The number of nitrogens with zero attached hydrogens (tertiary/aromatic N) is 3. The summed E-state index contributed by atoms with van der Waals surface area (Å²) in [5, 5.41) is 8.29. The van der Waals surface area contributed by atoms with Gasteiger partial charge in [-0.1, -0.05) is 25.0 Å². The monoisotopic (exact) mass is 396 g/mol. The fraction of sp³-hybridized carbons (Fsp3) is 0.565. The van der Waals surface area contributed by atoms with Crippen LogP contribution < -0.4 is 5.32 Å². The van der Waals surface area contributed by atoms with Crippen LogP contribution in [0.3, 0.4) is 0 Å². The van der Waals surface area contributed by atoms with Crippen molar-refractivity contribution in [3.63, 3.8) is 0 Å². The van der Waals surface area contributed by atoms with E-state index in [1.165, 1.54) is 25.3 Å². The lowest BCUT2D eigenvalue weighted by atomic mass is 9.88. The number of rotatable bonds is 3. The van der Waals surface area contributed by atoms with Gasteiger partial charge in [-0.3, -0.25) is 9.48 Å². The fourth-order valence-electron chi connectivity index (χ4n) is 5.16. The van der Waals surface area contributed by atoms with Crippen LogP contribution in [0.2, 0.25) is 0 Å². The maximum atomic E-state index is 13.9. The average Bonchev–Trinajstić information content (AvgIpc) is 3.38. The van der Waals surface area contributed by atoms with Crippen molar-refractivity contribution in [3.05, 3.63) is 53.1 Å². The summed E-state index contributed by atoms with van der Waals surface area (Å²) in [5.41, 5.74) is 2.70. The van der Waals surface area contributed by atoms with E-state index in [0.29, 0.717) is 18.2 Å². The lowest BCUT2D eigenvalue weighted by molar-refractivity contribution is 0.0702. The number of hydrogen-bond donors (Lipinski definition) is 1. The molecular formula is C23H29FN4O. The van der Waals surface area contributed by atoms with Gasteiger partial charge in [0.2, 0.25) is 0 Å². The van der Waals surface area contributed by atoms with E-state index in [4.69, 9.17) is 0 Å². The van der Waals surface area contributed by atoms with E-state index in [-0.39, 0.29) is 29.7 Å². The number of carbonyl (C=O) groups is 1. The SMILES string of the molecule is Cn1nc(C2CC2)cc1C(=O)N1C[C@@H](c2cccc(F)c2)[C@@H]2NCCCCC[C@H]21. The number of nitrogens with one attached hydrogen (secondary N) is 1. The summed E-state index contributed by atoms with van der Waals surface area (Å²) < 4.78 is 15.7. The highest BCUT2D eigenvalue weighted by Gasteiger charge is 2.45. The molecular weight excluding hydrogens is 367 g/mol. The quantitative estimate of drug-likeness (QED) is 0.863. The van der Waals surface area contributed by atoms with E-state index in [2.05, 4.69) is 10.4 Å². The number of hydrogen-bond acceptors (Lipinski definition) is 3. The number of carbonyl (C=O) groups excluding carboxylic acids is 1. The Hall–Kier alpha value is -2.21. The highest BCUT2D eigenvalue weighted by atomic mass is 19.1. The molecule has 1 aliphatic carbocycles. The predicted octanol–water partition coefficient (Wildman–Crippen LogP) is 3.58. The molecule has 2 saturated heterocycles. The second-order valence-corrected chi connectivity index (χ2v) is 8.87. The molecule has 3 fully saturated rings. The Morgan fingerprint density at radius 1 is 1.17 bits per heavy atom. The largest absolute Gasteiger partial charge is 0.332 e. The van der Waals surface area contributed by atoms with Gasteiger partial charge in [-0.15, -0.1) is 0 Å². The van der Waals surface area contributed by atoms with Crippen LogP contribution in [0.5, 0.6) is 0 Å². The van der Waals surface area contributed by atoms with Gasteiger partial charge in [0.15, 0.2) is 0 Å². The maximum absolute atomic E-state index is 13.9. The Balaban J connectivity index is 1.47. The molecule has 2 aliphatic heterocycles. The molecule has 3 atom stereocenters. The van der Waals surface area contributed by atoms with Crippen LogP contribution in [-0.2, 0) is 7.05 Å². The average molecular weight is 397 g/mol. The van der Waals surface area contributed by atoms with E-state index in [1.54, 1.807) is 16.8 Å². The molecule has 0 radical (unpaired) electrons. The van der Waals surface area contributed by atoms with Crippen molar-refractivity contribution >= 4 is 5.91 Å². The molecule has 6 heteroatoms. The van der Waals surface area contributed by atoms with Crippen LogP contribution in [0.15, 0.2) is 30.3 Å². The molecule has 2 aromatic rings. The van der Waals surface area contributed by atoms with Gasteiger partial charge in [-0.2, -0.15) is 5.10 Å². The lowest BCUT2D eigenvalue weighted by Crippen LogP contribution is -2.47. The Labute approximate surface area is 171 Å². The lowest BCUT2D eigenvalue weighted by Gasteiger charge is -2.31. The van der Waals surface area contributed by atoms with Crippen molar-refractivity contribution in [3.8, 4) is 0 Å². The summed E-state index contributed by atoms with van der Waals surface area (Å²) in [6.45, 7) is 1.57. The Bertz CT molecular complexity index is 906. The third kappa shape index (κ3) is 3.59. The summed E-state index contributed by atoms with van der Waals surface area (Å²) in [4.78, 5) is 15.6. The summed E-state index contributed by atoms with van der Waals surface area (Å²) in [7, 11) is 1.87. The second kappa shape index (κ2) is 7.56. The molecule has 1 amide bonds. The Kier molecular flexibility index (Phi) is 4.90. The zero-order valence-electron chi connectivity index (χ0n) is 17.0. The molecule has 5 rings (SSSR count). The molecule has 3 heterocycles. The molecule has 3 aliphatic rings. The van der Waals surface area contributed by atoms with Crippen LogP contribution in [0, 0.1) is 5.82 Å².